The van der Waals surface area contributed by atoms with E-state index in [0.717, 1.165) is 10.0 Å². The number of carbonyl (C=O) groups excluding carboxylic acids is 2. The maximum absolute atomic E-state index is 11.6. The summed E-state index contributed by atoms with van der Waals surface area (Å²) in [5, 5.41) is 2.76. The van der Waals surface area contributed by atoms with Crippen LogP contribution in [0.4, 0.5) is 5.69 Å². The Morgan fingerprint density at radius 1 is 1.25 bits per heavy atom. The van der Waals surface area contributed by atoms with Gasteiger partial charge in [0.15, 0.2) is 0 Å². The molecule has 1 aliphatic heterocycles. The van der Waals surface area contributed by atoms with Crippen LogP contribution in [0.1, 0.15) is 5.56 Å². The molecule has 0 aliphatic carbocycles. The molecule has 1 aliphatic rings. The van der Waals surface area contributed by atoms with E-state index in [1.165, 1.54) is 4.90 Å². The minimum atomic E-state index is -0.216. The van der Waals surface area contributed by atoms with E-state index in [1.54, 1.807) is 12.1 Å². The molecule has 0 radical (unpaired) electrons. The Morgan fingerprint density at radius 3 is 2.44 bits per heavy atom. The summed E-state index contributed by atoms with van der Waals surface area (Å²) in [4.78, 5) is 24.5. The molecule has 1 fully saturated rings. The summed E-state index contributed by atoms with van der Waals surface area (Å²) in [7, 11) is 0. The third-order valence-corrected chi connectivity index (χ3v) is 3.32. The average molecular weight is 283 g/mol. The van der Waals surface area contributed by atoms with Crippen molar-refractivity contribution in [2.75, 3.05) is 18.0 Å². The van der Waals surface area contributed by atoms with Crippen LogP contribution >= 0.6 is 15.9 Å². The minimum absolute atomic E-state index is 0.206. The van der Waals surface area contributed by atoms with Crippen molar-refractivity contribution < 1.29 is 9.59 Å². The highest BCUT2D eigenvalue weighted by atomic mass is 79.9. The number of hydrogen-bond donors (Lipinski definition) is 1. The molecule has 0 aromatic heterocycles. The van der Waals surface area contributed by atoms with Crippen molar-refractivity contribution in [3.63, 3.8) is 0 Å². The van der Waals surface area contributed by atoms with Gasteiger partial charge in [0, 0.05) is 4.47 Å². The number of carbonyl (C=O) groups is 2. The van der Waals surface area contributed by atoms with Crippen LogP contribution in [0.2, 0.25) is 0 Å². The van der Waals surface area contributed by atoms with Crippen LogP contribution in [0.3, 0.4) is 0 Å². The van der Waals surface area contributed by atoms with E-state index in [2.05, 4.69) is 21.2 Å². The Hall–Kier alpha value is -1.20. The van der Waals surface area contributed by atoms with Crippen LogP contribution < -0.4 is 10.2 Å². The van der Waals surface area contributed by atoms with Crippen molar-refractivity contribution >= 4 is 33.4 Å². The molecular formula is C11H11BrN2O2. The molecule has 5 heteroatoms. The maximum atomic E-state index is 11.6. The van der Waals surface area contributed by atoms with Crippen LogP contribution in [0, 0.1) is 6.92 Å². The van der Waals surface area contributed by atoms with Gasteiger partial charge in [-0.3, -0.25) is 14.9 Å². The molecule has 0 saturated carbocycles. The number of amides is 2. The second-order valence-corrected chi connectivity index (χ2v) is 4.51. The monoisotopic (exact) mass is 282 g/mol. The SMILES string of the molecule is Cc1ccc(N2C(=O)CNCC2=O)cc1Br. The number of halogens is 1. The molecule has 1 heterocycles. The van der Waals surface area contributed by atoms with Crippen LogP contribution in [0.25, 0.3) is 0 Å². The number of anilines is 1. The zero-order valence-corrected chi connectivity index (χ0v) is 10.4. The van der Waals surface area contributed by atoms with E-state index in [4.69, 9.17) is 0 Å². The number of benzene rings is 1. The molecule has 1 saturated heterocycles. The number of aryl methyl sites for hydroxylation is 1. The van der Waals surface area contributed by atoms with E-state index in [1.807, 2.05) is 13.0 Å². The highest BCUT2D eigenvalue weighted by molar-refractivity contribution is 9.10. The molecule has 0 bridgehead atoms. The Labute approximate surface area is 102 Å². The number of nitrogens with zero attached hydrogens (tertiary/aromatic N) is 1. The van der Waals surface area contributed by atoms with Gasteiger partial charge in [0.05, 0.1) is 18.8 Å². The van der Waals surface area contributed by atoms with E-state index in [-0.39, 0.29) is 24.9 Å². The first-order valence-corrected chi connectivity index (χ1v) is 5.71. The average Bonchev–Trinajstić information content (AvgIpc) is 2.23. The zero-order chi connectivity index (χ0) is 11.7. The van der Waals surface area contributed by atoms with E-state index < -0.39 is 0 Å². The topological polar surface area (TPSA) is 49.4 Å². The highest BCUT2D eigenvalue weighted by Gasteiger charge is 2.27. The second kappa shape index (κ2) is 4.35. The van der Waals surface area contributed by atoms with Gasteiger partial charge >= 0.3 is 0 Å². The summed E-state index contributed by atoms with van der Waals surface area (Å²) in [5.74, 6) is -0.431. The van der Waals surface area contributed by atoms with E-state index in [0.29, 0.717) is 5.69 Å². The van der Waals surface area contributed by atoms with Crippen molar-refractivity contribution in [3.8, 4) is 0 Å². The van der Waals surface area contributed by atoms with Crippen LogP contribution in [-0.2, 0) is 9.59 Å². The van der Waals surface area contributed by atoms with Gasteiger partial charge in [0.25, 0.3) is 0 Å². The number of imide groups is 1. The number of hydrogen-bond acceptors (Lipinski definition) is 3. The molecule has 1 N–H and O–H groups in total. The quantitative estimate of drug-likeness (QED) is 0.788. The highest BCUT2D eigenvalue weighted by Crippen LogP contribution is 2.24. The molecule has 2 amide bonds. The van der Waals surface area contributed by atoms with Crippen LogP contribution in [-0.4, -0.2) is 24.9 Å². The predicted octanol–water partition coefficient (Wildman–Crippen LogP) is 1.22. The lowest BCUT2D eigenvalue weighted by molar-refractivity contribution is -0.127. The van der Waals surface area contributed by atoms with Gasteiger partial charge in [-0.1, -0.05) is 22.0 Å². The second-order valence-electron chi connectivity index (χ2n) is 3.66. The molecule has 84 valence electrons. The summed E-state index contributed by atoms with van der Waals surface area (Å²) in [6, 6.07) is 5.44. The maximum Gasteiger partial charge on any atom is 0.247 e. The lowest BCUT2D eigenvalue weighted by Crippen LogP contribution is -2.52. The molecule has 0 spiro atoms. The van der Waals surface area contributed by atoms with Gasteiger partial charge in [0.2, 0.25) is 11.8 Å². The first-order valence-electron chi connectivity index (χ1n) is 4.92. The molecule has 0 unspecified atom stereocenters. The number of piperazine rings is 1. The molecule has 1 aromatic carbocycles. The predicted molar refractivity (Wildman–Crippen MR) is 64.2 cm³/mol. The summed E-state index contributed by atoms with van der Waals surface area (Å²) >= 11 is 3.39. The van der Waals surface area contributed by atoms with Gasteiger partial charge < -0.3 is 0 Å². The molecule has 16 heavy (non-hydrogen) atoms. The van der Waals surface area contributed by atoms with Crippen molar-refractivity contribution in [1.29, 1.82) is 0 Å². The number of nitrogens with one attached hydrogen (secondary N) is 1. The lowest BCUT2D eigenvalue weighted by Gasteiger charge is -2.25. The van der Waals surface area contributed by atoms with Crippen molar-refractivity contribution in [2.24, 2.45) is 0 Å². The summed E-state index contributed by atoms with van der Waals surface area (Å²) < 4.78 is 0.893. The van der Waals surface area contributed by atoms with E-state index in [9.17, 15) is 9.59 Å². The summed E-state index contributed by atoms with van der Waals surface area (Å²) in [6.07, 6.45) is 0. The zero-order valence-electron chi connectivity index (χ0n) is 8.79. The van der Waals surface area contributed by atoms with E-state index >= 15 is 0 Å². The van der Waals surface area contributed by atoms with Gasteiger partial charge in [-0.05, 0) is 24.6 Å². The van der Waals surface area contributed by atoms with Gasteiger partial charge in [-0.2, -0.15) is 0 Å². The molecule has 2 rings (SSSR count). The lowest BCUT2D eigenvalue weighted by atomic mass is 10.2. The summed E-state index contributed by atoms with van der Waals surface area (Å²) in [5.41, 5.74) is 1.69. The minimum Gasteiger partial charge on any atom is -0.300 e. The largest absolute Gasteiger partial charge is 0.300 e. The molecule has 4 nitrogen and oxygen atoms in total. The number of rotatable bonds is 1. The Kier molecular flexibility index (Phi) is 3.07. The Morgan fingerprint density at radius 2 is 1.88 bits per heavy atom. The van der Waals surface area contributed by atoms with Gasteiger partial charge in [-0.25, -0.2) is 4.90 Å². The smallest absolute Gasteiger partial charge is 0.247 e. The van der Waals surface area contributed by atoms with Gasteiger partial charge in [-0.15, -0.1) is 0 Å². The molecular weight excluding hydrogens is 272 g/mol. The van der Waals surface area contributed by atoms with Crippen LogP contribution in [0.15, 0.2) is 22.7 Å². The van der Waals surface area contributed by atoms with Crippen LogP contribution in [0.5, 0.6) is 0 Å². The Bertz CT molecular complexity index is 443. The molecule has 0 atom stereocenters. The third kappa shape index (κ3) is 2.01. The first kappa shape index (κ1) is 11.3. The third-order valence-electron chi connectivity index (χ3n) is 2.46. The normalized spacial score (nSPS) is 16.8. The first-order chi connectivity index (χ1) is 7.59. The Balaban J connectivity index is 2.38. The molecule has 1 aromatic rings. The van der Waals surface area contributed by atoms with Crippen molar-refractivity contribution in [1.82, 2.24) is 5.32 Å². The fourth-order valence-corrected chi connectivity index (χ4v) is 1.95. The fourth-order valence-electron chi connectivity index (χ4n) is 1.58. The van der Waals surface area contributed by atoms with Crippen molar-refractivity contribution in [3.05, 3.63) is 28.2 Å². The fraction of sp³-hybridized carbons (Fsp3) is 0.273. The van der Waals surface area contributed by atoms with Crippen molar-refractivity contribution in [2.45, 2.75) is 6.92 Å². The summed E-state index contributed by atoms with van der Waals surface area (Å²) in [6.45, 7) is 2.36. The van der Waals surface area contributed by atoms with Gasteiger partial charge in [0.1, 0.15) is 0 Å². The standard InChI is InChI=1S/C11H11BrN2O2/c1-7-2-3-8(4-9(7)12)14-10(15)5-13-6-11(14)16/h2-4,13H,5-6H2,1H3.